The van der Waals surface area contributed by atoms with Crippen LogP contribution in [0.25, 0.3) is 0 Å². The highest BCUT2D eigenvalue weighted by Gasteiger charge is 2.20. The smallest absolute Gasteiger partial charge is 0.191 e. The van der Waals surface area contributed by atoms with Gasteiger partial charge in [-0.2, -0.15) is 5.26 Å². The Hall–Kier alpha value is -1.86. The summed E-state index contributed by atoms with van der Waals surface area (Å²) < 4.78 is 14.0. The van der Waals surface area contributed by atoms with Crippen LogP contribution in [-0.4, -0.2) is 31.6 Å². The largest absolute Gasteiger partial charge is 0.363 e. The maximum atomic E-state index is 14.0. The fraction of sp³-hybridized carbons (Fsp3) is 0.400. The molecule has 1 aromatic heterocycles. The van der Waals surface area contributed by atoms with Crippen molar-refractivity contribution in [3.05, 3.63) is 52.7 Å². The third-order valence-corrected chi connectivity index (χ3v) is 5.52. The molecule has 1 aliphatic rings. The molecule has 2 aromatic rings. The molecule has 150 valence electrons. The molecule has 1 aromatic carbocycles. The van der Waals surface area contributed by atoms with Crippen molar-refractivity contribution in [1.82, 2.24) is 10.6 Å². The summed E-state index contributed by atoms with van der Waals surface area (Å²) >= 11 is 1.78. The molecule has 8 heteroatoms. The normalized spacial score (nSPS) is 14.9. The SMILES string of the molecule is CCNC(=NCc1ccc(C#N)cc1F)NC1CCN(c2cccs2)CC1.I. The lowest BCUT2D eigenvalue weighted by molar-refractivity contribution is 0.462. The van der Waals surface area contributed by atoms with E-state index in [-0.39, 0.29) is 30.5 Å². The van der Waals surface area contributed by atoms with Gasteiger partial charge in [-0.15, -0.1) is 35.3 Å². The fourth-order valence-electron chi connectivity index (χ4n) is 3.12. The molecule has 0 saturated carbocycles. The third kappa shape index (κ3) is 6.07. The molecule has 0 radical (unpaired) electrons. The van der Waals surface area contributed by atoms with E-state index in [0.29, 0.717) is 23.1 Å². The quantitative estimate of drug-likeness (QED) is 0.359. The van der Waals surface area contributed by atoms with Crippen molar-refractivity contribution in [2.75, 3.05) is 24.5 Å². The van der Waals surface area contributed by atoms with E-state index in [1.54, 1.807) is 23.5 Å². The molecule has 0 unspecified atom stereocenters. The maximum Gasteiger partial charge on any atom is 0.191 e. The molecule has 0 atom stereocenters. The number of aliphatic imine (C=N–C) groups is 1. The molecule has 0 amide bonds. The van der Waals surface area contributed by atoms with Crippen LogP contribution in [0.3, 0.4) is 0 Å². The standard InChI is InChI=1S/C20H24FN5S.HI/c1-2-23-20(24-14-16-6-5-15(13-22)12-18(16)21)25-17-7-9-26(10-8-17)19-4-3-11-27-19;/h3-6,11-12,17H,2,7-10,14H2,1H3,(H2,23,24,25);1H. The van der Waals surface area contributed by atoms with E-state index in [1.807, 2.05) is 13.0 Å². The Morgan fingerprint density at radius 2 is 2.14 bits per heavy atom. The first-order chi connectivity index (χ1) is 13.2. The summed E-state index contributed by atoms with van der Waals surface area (Å²) in [7, 11) is 0. The Kier molecular flexibility index (Phi) is 8.99. The lowest BCUT2D eigenvalue weighted by Gasteiger charge is -2.33. The lowest BCUT2D eigenvalue weighted by atomic mass is 10.1. The average Bonchev–Trinajstić information content (AvgIpc) is 3.22. The predicted molar refractivity (Wildman–Crippen MR) is 124 cm³/mol. The van der Waals surface area contributed by atoms with E-state index in [2.05, 4.69) is 38.0 Å². The van der Waals surface area contributed by atoms with Crippen LogP contribution < -0.4 is 15.5 Å². The first-order valence-electron chi connectivity index (χ1n) is 9.21. The number of hydrogen-bond acceptors (Lipinski definition) is 4. The van der Waals surface area contributed by atoms with Gasteiger partial charge >= 0.3 is 0 Å². The number of hydrogen-bond donors (Lipinski definition) is 2. The van der Waals surface area contributed by atoms with Gasteiger partial charge in [-0.3, -0.25) is 0 Å². The fourth-order valence-corrected chi connectivity index (χ4v) is 3.90. The van der Waals surface area contributed by atoms with Gasteiger partial charge in [0.2, 0.25) is 0 Å². The van der Waals surface area contributed by atoms with Gasteiger partial charge in [0, 0.05) is 31.2 Å². The Labute approximate surface area is 186 Å². The van der Waals surface area contributed by atoms with Gasteiger partial charge in [0.15, 0.2) is 5.96 Å². The van der Waals surface area contributed by atoms with Crippen LogP contribution in [0.5, 0.6) is 0 Å². The Bertz CT molecular complexity index is 810. The van der Waals surface area contributed by atoms with Crippen molar-refractivity contribution in [3.63, 3.8) is 0 Å². The van der Waals surface area contributed by atoms with Crippen LogP contribution in [0.4, 0.5) is 9.39 Å². The second-order valence-corrected chi connectivity index (χ2v) is 7.40. The van der Waals surface area contributed by atoms with Crippen molar-refractivity contribution in [2.24, 2.45) is 4.99 Å². The number of rotatable bonds is 5. The lowest BCUT2D eigenvalue weighted by Crippen LogP contribution is -2.48. The highest BCUT2D eigenvalue weighted by molar-refractivity contribution is 14.0. The molecule has 0 aliphatic carbocycles. The van der Waals surface area contributed by atoms with Crippen LogP contribution >= 0.6 is 35.3 Å². The summed E-state index contributed by atoms with van der Waals surface area (Å²) in [5, 5.41) is 19.0. The van der Waals surface area contributed by atoms with E-state index < -0.39 is 5.82 Å². The Morgan fingerprint density at radius 3 is 2.75 bits per heavy atom. The second-order valence-electron chi connectivity index (χ2n) is 6.47. The summed E-state index contributed by atoms with van der Waals surface area (Å²) in [5.41, 5.74) is 0.807. The average molecular weight is 513 g/mol. The minimum Gasteiger partial charge on any atom is -0.363 e. The van der Waals surface area contributed by atoms with Crippen molar-refractivity contribution in [1.29, 1.82) is 5.26 Å². The van der Waals surface area contributed by atoms with Gasteiger partial charge in [0.05, 0.1) is 23.2 Å². The number of nitriles is 1. The first-order valence-corrected chi connectivity index (χ1v) is 10.1. The minimum absolute atomic E-state index is 0. The highest BCUT2D eigenvalue weighted by atomic mass is 127. The Balaban J connectivity index is 0.00000280. The zero-order valence-electron chi connectivity index (χ0n) is 15.8. The van der Waals surface area contributed by atoms with Crippen LogP contribution in [0.1, 0.15) is 30.9 Å². The summed E-state index contributed by atoms with van der Waals surface area (Å²) in [6, 6.07) is 11.0. The molecule has 1 saturated heterocycles. The molecular weight excluding hydrogens is 488 g/mol. The van der Waals surface area contributed by atoms with E-state index in [4.69, 9.17) is 5.26 Å². The van der Waals surface area contributed by atoms with Gasteiger partial charge in [-0.1, -0.05) is 6.07 Å². The van der Waals surface area contributed by atoms with E-state index in [1.165, 1.54) is 11.1 Å². The zero-order chi connectivity index (χ0) is 19.1. The second kappa shape index (κ2) is 11.2. The van der Waals surface area contributed by atoms with Crippen molar-refractivity contribution >= 4 is 46.3 Å². The number of anilines is 1. The van der Waals surface area contributed by atoms with E-state index in [9.17, 15) is 4.39 Å². The van der Waals surface area contributed by atoms with Crippen molar-refractivity contribution in [3.8, 4) is 6.07 Å². The number of nitrogens with one attached hydrogen (secondary N) is 2. The Morgan fingerprint density at radius 1 is 1.36 bits per heavy atom. The summed E-state index contributed by atoms with van der Waals surface area (Å²) in [6.45, 7) is 5.03. The highest BCUT2D eigenvalue weighted by Crippen LogP contribution is 2.24. The van der Waals surface area contributed by atoms with Gasteiger partial charge in [0.25, 0.3) is 0 Å². The molecule has 3 rings (SSSR count). The maximum absolute atomic E-state index is 14.0. The zero-order valence-corrected chi connectivity index (χ0v) is 19.0. The molecule has 5 nitrogen and oxygen atoms in total. The van der Waals surface area contributed by atoms with Crippen molar-refractivity contribution in [2.45, 2.75) is 32.4 Å². The monoisotopic (exact) mass is 513 g/mol. The van der Waals surface area contributed by atoms with Crippen LogP contribution in [0.15, 0.2) is 40.7 Å². The molecule has 0 spiro atoms. The molecule has 2 N–H and O–H groups in total. The van der Waals surface area contributed by atoms with Gasteiger partial charge in [-0.05, 0) is 49.4 Å². The third-order valence-electron chi connectivity index (χ3n) is 4.59. The molecule has 1 fully saturated rings. The topological polar surface area (TPSA) is 63.5 Å². The molecule has 1 aliphatic heterocycles. The van der Waals surface area contributed by atoms with Crippen LogP contribution in [0, 0.1) is 17.1 Å². The first kappa shape index (κ1) is 22.4. The van der Waals surface area contributed by atoms with E-state index in [0.717, 1.165) is 32.5 Å². The molecule has 28 heavy (non-hydrogen) atoms. The number of benzene rings is 1. The summed E-state index contributed by atoms with van der Waals surface area (Å²) in [6.07, 6.45) is 2.07. The number of halogens is 2. The van der Waals surface area contributed by atoms with Crippen molar-refractivity contribution < 1.29 is 4.39 Å². The minimum atomic E-state index is -0.391. The number of piperidine rings is 1. The van der Waals surface area contributed by atoms with E-state index >= 15 is 0 Å². The van der Waals surface area contributed by atoms with Crippen LogP contribution in [-0.2, 0) is 6.54 Å². The van der Waals surface area contributed by atoms with Gasteiger partial charge in [-0.25, -0.2) is 9.38 Å². The van der Waals surface area contributed by atoms with Gasteiger partial charge < -0.3 is 15.5 Å². The number of nitrogens with zero attached hydrogens (tertiary/aromatic N) is 3. The summed E-state index contributed by atoms with van der Waals surface area (Å²) in [5.74, 6) is 0.314. The molecule has 2 heterocycles. The van der Waals surface area contributed by atoms with Crippen LogP contribution in [0.2, 0.25) is 0 Å². The molecular formula is C20H25FIN5S. The molecule has 0 bridgehead atoms. The number of guanidine groups is 1. The predicted octanol–water partition coefficient (Wildman–Crippen LogP) is 4.10. The van der Waals surface area contributed by atoms with Gasteiger partial charge in [0.1, 0.15) is 5.82 Å². The summed E-state index contributed by atoms with van der Waals surface area (Å²) in [4.78, 5) is 6.94. The number of thiophene rings is 1.